The van der Waals surface area contributed by atoms with Gasteiger partial charge in [-0.3, -0.25) is 9.69 Å². The van der Waals surface area contributed by atoms with Gasteiger partial charge in [0.15, 0.2) is 0 Å². The zero-order chi connectivity index (χ0) is 16.7. The van der Waals surface area contributed by atoms with Gasteiger partial charge in [-0.25, -0.2) is 0 Å². The molecular formula is C18H27NO4. The van der Waals surface area contributed by atoms with Crippen molar-refractivity contribution in [3.8, 4) is 5.75 Å². The number of rotatable bonds is 7. The van der Waals surface area contributed by atoms with Crippen LogP contribution in [-0.4, -0.2) is 54.9 Å². The van der Waals surface area contributed by atoms with Crippen LogP contribution in [0.25, 0.3) is 0 Å². The molecule has 1 N–H and O–H groups in total. The fourth-order valence-electron chi connectivity index (χ4n) is 2.93. The SMILES string of the molecule is CCOC(=O)[C@H]1CCCN(C[C@@H](O)COc2ccccc2C)C1. The van der Waals surface area contributed by atoms with Crippen LogP contribution in [0.15, 0.2) is 24.3 Å². The van der Waals surface area contributed by atoms with E-state index in [4.69, 9.17) is 9.47 Å². The van der Waals surface area contributed by atoms with Crippen LogP contribution in [-0.2, 0) is 9.53 Å². The third-order valence-electron chi connectivity index (χ3n) is 4.12. The van der Waals surface area contributed by atoms with Crippen LogP contribution in [0.3, 0.4) is 0 Å². The molecule has 128 valence electrons. The average molecular weight is 321 g/mol. The Kier molecular flexibility index (Phi) is 6.86. The molecule has 5 heteroatoms. The van der Waals surface area contributed by atoms with Gasteiger partial charge in [0.1, 0.15) is 18.5 Å². The minimum absolute atomic E-state index is 0.0758. The molecule has 5 nitrogen and oxygen atoms in total. The number of aliphatic hydroxyl groups excluding tert-OH is 1. The van der Waals surface area contributed by atoms with E-state index in [0.29, 0.717) is 19.7 Å². The standard InChI is InChI=1S/C18H27NO4/c1-3-22-18(21)15-8-6-10-19(11-15)12-16(20)13-23-17-9-5-4-7-14(17)2/h4-5,7,9,15-16,20H,3,6,8,10-13H2,1-2H3/t15-,16+/m0/s1. The van der Waals surface area contributed by atoms with Crippen LogP contribution in [0.1, 0.15) is 25.3 Å². The second-order valence-electron chi connectivity index (χ2n) is 6.08. The zero-order valence-electron chi connectivity index (χ0n) is 14.0. The van der Waals surface area contributed by atoms with E-state index in [9.17, 15) is 9.90 Å². The van der Waals surface area contributed by atoms with Crippen molar-refractivity contribution in [2.24, 2.45) is 5.92 Å². The number of β-amino-alcohol motifs (C(OH)–C–C–N with tert-alkyl or cyclic N) is 1. The number of benzene rings is 1. The maximum absolute atomic E-state index is 11.8. The minimum Gasteiger partial charge on any atom is -0.491 e. The quantitative estimate of drug-likeness (QED) is 0.779. The van der Waals surface area contributed by atoms with Gasteiger partial charge < -0.3 is 14.6 Å². The van der Waals surface area contributed by atoms with Crippen molar-refractivity contribution in [3.63, 3.8) is 0 Å². The first kappa shape index (κ1) is 17.8. The number of nitrogens with zero attached hydrogens (tertiary/aromatic N) is 1. The highest BCUT2D eigenvalue weighted by Gasteiger charge is 2.27. The van der Waals surface area contributed by atoms with Crippen molar-refractivity contribution in [1.82, 2.24) is 4.90 Å². The lowest BCUT2D eigenvalue weighted by Gasteiger charge is -2.32. The lowest BCUT2D eigenvalue weighted by Crippen LogP contribution is -2.44. The Morgan fingerprint density at radius 3 is 2.96 bits per heavy atom. The number of carbonyl (C=O) groups is 1. The molecule has 0 radical (unpaired) electrons. The smallest absolute Gasteiger partial charge is 0.310 e. The molecule has 1 aromatic rings. The summed E-state index contributed by atoms with van der Waals surface area (Å²) in [5, 5.41) is 10.2. The van der Waals surface area contributed by atoms with E-state index in [0.717, 1.165) is 30.7 Å². The number of carbonyl (C=O) groups excluding carboxylic acids is 1. The first-order chi connectivity index (χ1) is 11.1. The van der Waals surface area contributed by atoms with Crippen LogP contribution < -0.4 is 4.74 Å². The monoisotopic (exact) mass is 321 g/mol. The van der Waals surface area contributed by atoms with E-state index in [2.05, 4.69) is 4.90 Å². The molecule has 2 atom stereocenters. The molecule has 1 aliphatic rings. The number of piperidine rings is 1. The highest BCUT2D eigenvalue weighted by atomic mass is 16.5. The highest BCUT2D eigenvalue weighted by Crippen LogP contribution is 2.19. The van der Waals surface area contributed by atoms with Crippen LogP contribution in [0.4, 0.5) is 0 Å². The topological polar surface area (TPSA) is 59.0 Å². The maximum atomic E-state index is 11.8. The summed E-state index contributed by atoms with van der Waals surface area (Å²) in [5.41, 5.74) is 1.06. The first-order valence-electron chi connectivity index (χ1n) is 8.35. The van der Waals surface area contributed by atoms with Crippen LogP contribution in [0, 0.1) is 12.8 Å². The summed E-state index contributed by atoms with van der Waals surface area (Å²) in [5.74, 6) is 0.602. The van der Waals surface area contributed by atoms with Gasteiger partial charge in [-0.2, -0.15) is 0 Å². The van der Waals surface area contributed by atoms with E-state index in [1.165, 1.54) is 0 Å². The molecular weight excluding hydrogens is 294 g/mol. The summed E-state index contributed by atoms with van der Waals surface area (Å²) >= 11 is 0. The van der Waals surface area contributed by atoms with Gasteiger partial charge >= 0.3 is 5.97 Å². The van der Waals surface area contributed by atoms with Crippen LogP contribution in [0.5, 0.6) is 5.75 Å². The Morgan fingerprint density at radius 1 is 1.43 bits per heavy atom. The van der Waals surface area contributed by atoms with E-state index in [1.54, 1.807) is 0 Å². The Hall–Kier alpha value is -1.59. The number of hydrogen-bond donors (Lipinski definition) is 1. The van der Waals surface area contributed by atoms with Crippen LogP contribution in [0.2, 0.25) is 0 Å². The molecule has 0 saturated carbocycles. The van der Waals surface area contributed by atoms with Gasteiger partial charge in [0.2, 0.25) is 0 Å². The van der Waals surface area contributed by atoms with Gasteiger partial charge in [0.05, 0.1) is 12.5 Å². The fourth-order valence-corrected chi connectivity index (χ4v) is 2.93. The van der Waals surface area contributed by atoms with E-state index < -0.39 is 6.10 Å². The number of hydrogen-bond acceptors (Lipinski definition) is 5. The number of likely N-dealkylation sites (tertiary alicyclic amines) is 1. The molecule has 0 bridgehead atoms. The molecule has 1 aliphatic heterocycles. The third-order valence-corrected chi connectivity index (χ3v) is 4.12. The van der Waals surface area contributed by atoms with Crippen molar-refractivity contribution in [2.75, 3.05) is 32.8 Å². The normalized spacial score (nSPS) is 20.0. The van der Waals surface area contributed by atoms with Crippen molar-refractivity contribution >= 4 is 5.97 Å². The fraction of sp³-hybridized carbons (Fsp3) is 0.611. The number of aliphatic hydroxyl groups is 1. The average Bonchev–Trinajstić information content (AvgIpc) is 2.54. The van der Waals surface area contributed by atoms with Crippen molar-refractivity contribution < 1.29 is 19.4 Å². The van der Waals surface area contributed by atoms with Crippen molar-refractivity contribution in [3.05, 3.63) is 29.8 Å². The summed E-state index contributed by atoms with van der Waals surface area (Å²) in [6, 6.07) is 7.77. The van der Waals surface area contributed by atoms with E-state index in [-0.39, 0.29) is 18.5 Å². The number of para-hydroxylation sites is 1. The third kappa shape index (κ3) is 5.52. The molecule has 1 heterocycles. The summed E-state index contributed by atoms with van der Waals surface area (Å²) in [7, 11) is 0. The van der Waals surface area contributed by atoms with Gasteiger partial charge in [-0.1, -0.05) is 18.2 Å². The lowest BCUT2D eigenvalue weighted by molar-refractivity contribution is -0.150. The maximum Gasteiger partial charge on any atom is 0.310 e. The second kappa shape index (κ2) is 8.89. The molecule has 0 aromatic heterocycles. The Balaban J connectivity index is 1.77. The molecule has 1 fully saturated rings. The summed E-state index contributed by atoms with van der Waals surface area (Å²) in [6.45, 7) is 6.55. The molecule has 0 unspecified atom stereocenters. The first-order valence-corrected chi connectivity index (χ1v) is 8.35. The van der Waals surface area contributed by atoms with E-state index >= 15 is 0 Å². The van der Waals surface area contributed by atoms with Gasteiger partial charge in [-0.05, 0) is 44.9 Å². The summed E-state index contributed by atoms with van der Waals surface area (Å²) in [6.07, 6.45) is 1.25. The van der Waals surface area contributed by atoms with Gasteiger partial charge in [0.25, 0.3) is 0 Å². The van der Waals surface area contributed by atoms with Crippen LogP contribution >= 0.6 is 0 Å². The Morgan fingerprint density at radius 2 is 2.22 bits per heavy atom. The number of aryl methyl sites for hydroxylation is 1. The lowest BCUT2D eigenvalue weighted by atomic mass is 9.98. The predicted octanol–water partition coefficient (Wildman–Crippen LogP) is 2.01. The predicted molar refractivity (Wildman–Crippen MR) is 88.5 cm³/mol. The number of ether oxygens (including phenoxy) is 2. The van der Waals surface area contributed by atoms with Gasteiger partial charge in [-0.15, -0.1) is 0 Å². The molecule has 0 aliphatic carbocycles. The largest absolute Gasteiger partial charge is 0.491 e. The molecule has 1 saturated heterocycles. The van der Waals surface area contributed by atoms with Gasteiger partial charge in [0, 0.05) is 13.1 Å². The Labute approximate surface area is 138 Å². The summed E-state index contributed by atoms with van der Waals surface area (Å²) in [4.78, 5) is 14.0. The molecule has 23 heavy (non-hydrogen) atoms. The highest BCUT2D eigenvalue weighted by molar-refractivity contribution is 5.72. The number of esters is 1. The van der Waals surface area contributed by atoms with Crippen molar-refractivity contribution in [1.29, 1.82) is 0 Å². The minimum atomic E-state index is -0.574. The van der Waals surface area contributed by atoms with E-state index in [1.807, 2.05) is 38.1 Å². The second-order valence-corrected chi connectivity index (χ2v) is 6.08. The molecule has 2 rings (SSSR count). The summed E-state index contributed by atoms with van der Waals surface area (Å²) < 4.78 is 10.8. The molecule has 0 spiro atoms. The molecule has 1 aromatic carbocycles. The molecule has 0 amide bonds. The van der Waals surface area contributed by atoms with Crippen molar-refractivity contribution in [2.45, 2.75) is 32.8 Å². The zero-order valence-corrected chi connectivity index (χ0v) is 14.0. The Bertz CT molecular complexity index is 506.